The average molecular weight is 270 g/mol. The first kappa shape index (κ1) is 14.1. The van der Waals surface area contributed by atoms with Gasteiger partial charge < -0.3 is 15.8 Å². The second kappa shape index (κ2) is 6.73. The molecule has 0 saturated heterocycles. The highest BCUT2D eigenvalue weighted by molar-refractivity contribution is 5.76. The number of nitrogens with one attached hydrogen (secondary N) is 1. The number of carbonyl (C=O) groups is 1. The molecule has 2 aromatic carbocycles. The standard InChI is InChI=1S/C16H18N2O2/c1-20-16(19)15(17)11-18-14-9-7-13(8-10-14)12-5-3-2-4-6-12/h2-10,15,18H,11,17H2,1H3/t15-/m0/s1. The van der Waals surface area contributed by atoms with Gasteiger partial charge in [0.05, 0.1) is 7.11 Å². The fourth-order valence-corrected chi connectivity index (χ4v) is 1.87. The summed E-state index contributed by atoms with van der Waals surface area (Å²) in [7, 11) is 1.33. The number of methoxy groups -OCH3 is 1. The Labute approximate surface area is 118 Å². The predicted molar refractivity (Wildman–Crippen MR) is 80.4 cm³/mol. The van der Waals surface area contributed by atoms with Crippen LogP contribution in [0.4, 0.5) is 5.69 Å². The summed E-state index contributed by atoms with van der Waals surface area (Å²) in [5, 5.41) is 3.11. The minimum atomic E-state index is -0.659. The number of benzene rings is 2. The normalized spacial score (nSPS) is 11.7. The molecule has 2 rings (SSSR count). The number of esters is 1. The van der Waals surface area contributed by atoms with Crippen molar-refractivity contribution in [3.63, 3.8) is 0 Å². The monoisotopic (exact) mass is 270 g/mol. The third-order valence-corrected chi connectivity index (χ3v) is 3.02. The zero-order valence-electron chi connectivity index (χ0n) is 11.4. The Hall–Kier alpha value is -2.33. The molecule has 0 heterocycles. The fourth-order valence-electron chi connectivity index (χ4n) is 1.87. The molecule has 4 heteroatoms. The second-order valence-corrected chi connectivity index (χ2v) is 4.45. The van der Waals surface area contributed by atoms with Crippen molar-refractivity contribution in [1.82, 2.24) is 0 Å². The maximum Gasteiger partial charge on any atom is 0.324 e. The molecule has 0 bridgehead atoms. The second-order valence-electron chi connectivity index (χ2n) is 4.45. The molecule has 1 atom stereocenters. The van der Waals surface area contributed by atoms with E-state index in [-0.39, 0.29) is 0 Å². The van der Waals surface area contributed by atoms with Crippen LogP contribution in [-0.4, -0.2) is 25.7 Å². The fraction of sp³-hybridized carbons (Fsp3) is 0.188. The van der Waals surface area contributed by atoms with Gasteiger partial charge in [-0.25, -0.2) is 0 Å². The third-order valence-electron chi connectivity index (χ3n) is 3.02. The van der Waals surface area contributed by atoms with Gasteiger partial charge in [0.15, 0.2) is 0 Å². The van der Waals surface area contributed by atoms with Crippen LogP contribution in [0.5, 0.6) is 0 Å². The molecule has 0 aliphatic heterocycles. The van der Waals surface area contributed by atoms with Gasteiger partial charge in [-0.3, -0.25) is 4.79 Å². The van der Waals surface area contributed by atoms with Crippen LogP contribution >= 0.6 is 0 Å². The molecule has 4 nitrogen and oxygen atoms in total. The van der Waals surface area contributed by atoms with Crippen molar-refractivity contribution in [3.8, 4) is 11.1 Å². The molecule has 0 aromatic heterocycles. The Morgan fingerprint density at radius 2 is 1.70 bits per heavy atom. The Morgan fingerprint density at radius 3 is 2.30 bits per heavy atom. The topological polar surface area (TPSA) is 64.3 Å². The van der Waals surface area contributed by atoms with Crippen LogP contribution in [0.15, 0.2) is 54.6 Å². The van der Waals surface area contributed by atoms with Gasteiger partial charge in [-0.1, -0.05) is 42.5 Å². The lowest BCUT2D eigenvalue weighted by Gasteiger charge is -2.12. The molecule has 0 amide bonds. The summed E-state index contributed by atoms with van der Waals surface area (Å²) in [6, 6.07) is 17.5. The van der Waals surface area contributed by atoms with E-state index in [1.807, 2.05) is 42.5 Å². The summed E-state index contributed by atoms with van der Waals surface area (Å²) in [5.74, 6) is -0.418. The largest absolute Gasteiger partial charge is 0.468 e. The highest BCUT2D eigenvalue weighted by Gasteiger charge is 2.12. The Bertz CT molecular complexity index is 552. The quantitative estimate of drug-likeness (QED) is 0.818. The minimum absolute atomic E-state index is 0.345. The maximum absolute atomic E-state index is 11.2. The summed E-state index contributed by atoms with van der Waals surface area (Å²) in [6.07, 6.45) is 0. The highest BCUT2D eigenvalue weighted by atomic mass is 16.5. The molecule has 2 aromatic rings. The molecule has 3 N–H and O–H groups in total. The third kappa shape index (κ3) is 3.59. The van der Waals surface area contributed by atoms with Gasteiger partial charge in [0.2, 0.25) is 0 Å². The zero-order valence-corrected chi connectivity index (χ0v) is 11.4. The summed E-state index contributed by atoms with van der Waals surface area (Å²) in [5.41, 5.74) is 8.90. The molecule has 0 aliphatic carbocycles. The highest BCUT2D eigenvalue weighted by Crippen LogP contribution is 2.20. The number of hydrogen-bond acceptors (Lipinski definition) is 4. The van der Waals surface area contributed by atoms with Crippen LogP contribution in [0.1, 0.15) is 0 Å². The lowest BCUT2D eigenvalue weighted by Crippen LogP contribution is -2.38. The predicted octanol–water partition coefficient (Wildman–Crippen LogP) is 2.27. The Morgan fingerprint density at radius 1 is 1.10 bits per heavy atom. The van der Waals surface area contributed by atoms with Crippen molar-refractivity contribution in [3.05, 3.63) is 54.6 Å². The van der Waals surface area contributed by atoms with Crippen molar-refractivity contribution < 1.29 is 9.53 Å². The van der Waals surface area contributed by atoms with E-state index in [9.17, 15) is 4.79 Å². The molecule has 20 heavy (non-hydrogen) atoms. The van der Waals surface area contributed by atoms with Gasteiger partial charge in [0.25, 0.3) is 0 Å². The molecule has 0 saturated carbocycles. The average Bonchev–Trinajstić information content (AvgIpc) is 2.53. The Balaban J connectivity index is 1.97. The van der Waals surface area contributed by atoms with E-state index in [4.69, 9.17) is 5.73 Å². The summed E-state index contributed by atoms with van der Waals surface area (Å²) < 4.78 is 4.57. The van der Waals surface area contributed by atoms with E-state index in [0.717, 1.165) is 11.3 Å². The van der Waals surface area contributed by atoms with Crippen LogP contribution in [0.3, 0.4) is 0 Å². The lowest BCUT2D eigenvalue weighted by atomic mass is 10.1. The van der Waals surface area contributed by atoms with Gasteiger partial charge in [-0.05, 0) is 23.3 Å². The van der Waals surface area contributed by atoms with Crippen molar-refractivity contribution >= 4 is 11.7 Å². The maximum atomic E-state index is 11.2. The molecule has 0 fully saturated rings. The van der Waals surface area contributed by atoms with Crippen LogP contribution in [0, 0.1) is 0 Å². The van der Waals surface area contributed by atoms with E-state index in [1.165, 1.54) is 12.7 Å². The van der Waals surface area contributed by atoms with Crippen molar-refractivity contribution in [2.75, 3.05) is 19.0 Å². The smallest absolute Gasteiger partial charge is 0.324 e. The summed E-state index contributed by atoms with van der Waals surface area (Å²) >= 11 is 0. The summed E-state index contributed by atoms with van der Waals surface area (Å²) in [4.78, 5) is 11.2. The van der Waals surface area contributed by atoms with Gasteiger partial charge in [0, 0.05) is 12.2 Å². The molecule has 0 unspecified atom stereocenters. The van der Waals surface area contributed by atoms with Gasteiger partial charge in [-0.2, -0.15) is 0 Å². The molecular weight excluding hydrogens is 252 g/mol. The van der Waals surface area contributed by atoms with E-state index >= 15 is 0 Å². The number of carbonyl (C=O) groups excluding carboxylic acids is 1. The molecule has 0 aliphatic rings. The van der Waals surface area contributed by atoms with Crippen molar-refractivity contribution in [1.29, 1.82) is 0 Å². The van der Waals surface area contributed by atoms with Crippen LogP contribution in [0.25, 0.3) is 11.1 Å². The molecule has 0 spiro atoms. The SMILES string of the molecule is COC(=O)[C@@H](N)CNc1ccc(-c2ccccc2)cc1. The first-order valence-electron chi connectivity index (χ1n) is 6.43. The number of anilines is 1. The number of nitrogens with two attached hydrogens (primary N) is 1. The van der Waals surface area contributed by atoms with Gasteiger partial charge in [0.1, 0.15) is 6.04 Å². The number of hydrogen-bond donors (Lipinski definition) is 2. The summed E-state index contributed by atoms with van der Waals surface area (Å²) in [6.45, 7) is 0.345. The van der Waals surface area contributed by atoms with E-state index < -0.39 is 12.0 Å². The molecular formula is C16H18N2O2. The van der Waals surface area contributed by atoms with Crippen LogP contribution < -0.4 is 11.1 Å². The van der Waals surface area contributed by atoms with Crippen LogP contribution in [-0.2, 0) is 9.53 Å². The zero-order chi connectivity index (χ0) is 14.4. The molecule has 104 valence electrons. The van der Waals surface area contributed by atoms with E-state index in [1.54, 1.807) is 0 Å². The van der Waals surface area contributed by atoms with Crippen molar-refractivity contribution in [2.45, 2.75) is 6.04 Å². The number of rotatable bonds is 5. The van der Waals surface area contributed by atoms with E-state index in [0.29, 0.717) is 6.54 Å². The van der Waals surface area contributed by atoms with E-state index in [2.05, 4.69) is 22.2 Å². The minimum Gasteiger partial charge on any atom is -0.468 e. The first-order valence-corrected chi connectivity index (χ1v) is 6.43. The van der Waals surface area contributed by atoms with Gasteiger partial charge in [-0.15, -0.1) is 0 Å². The van der Waals surface area contributed by atoms with Crippen molar-refractivity contribution in [2.24, 2.45) is 5.73 Å². The van der Waals surface area contributed by atoms with Gasteiger partial charge >= 0.3 is 5.97 Å². The first-order chi connectivity index (χ1) is 9.70. The molecule has 0 radical (unpaired) electrons. The Kier molecular flexibility index (Phi) is 4.74. The van der Waals surface area contributed by atoms with Crippen LogP contribution in [0.2, 0.25) is 0 Å². The number of ether oxygens (including phenoxy) is 1. The lowest BCUT2D eigenvalue weighted by molar-refractivity contribution is -0.141.